The van der Waals surface area contributed by atoms with Crippen molar-refractivity contribution in [2.24, 2.45) is 0 Å². The van der Waals surface area contributed by atoms with Crippen molar-refractivity contribution in [3.8, 4) is 0 Å². The van der Waals surface area contributed by atoms with E-state index < -0.39 is 11.9 Å². The molecular weight excluding hydrogens is 336 g/mol. The number of aryl methyl sites for hydroxylation is 1. The Morgan fingerprint density at radius 1 is 1.43 bits per heavy atom. The molecule has 2 aromatic rings. The second-order valence-corrected chi connectivity index (χ2v) is 6.91. The summed E-state index contributed by atoms with van der Waals surface area (Å²) in [6, 6.07) is 1.78. The number of ether oxygens (including phenoxy) is 1. The molecule has 0 amide bonds. The van der Waals surface area contributed by atoms with Gasteiger partial charge in [-0.3, -0.25) is 9.78 Å². The summed E-state index contributed by atoms with van der Waals surface area (Å²) < 4.78 is 5.80. The minimum absolute atomic E-state index is 0.0204. The second kappa shape index (κ2) is 8.07. The van der Waals surface area contributed by atoms with Gasteiger partial charge >= 0.3 is 11.9 Å². The highest BCUT2D eigenvalue weighted by Crippen LogP contribution is 2.30. The minimum Gasteiger partial charge on any atom is -0.481 e. The van der Waals surface area contributed by atoms with Crippen molar-refractivity contribution in [3.63, 3.8) is 0 Å². The van der Waals surface area contributed by atoms with Gasteiger partial charge in [0.2, 0.25) is 0 Å². The van der Waals surface area contributed by atoms with Gasteiger partial charge in [0, 0.05) is 23.0 Å². The van der Waals surface area contributed by atoms with E-state index in [1.54, 1.807) is 26.1 Å². The van der Waals surface area contributed by atoms with E-state index in [4.69, 9.17) is 9.84 Å². The molecule has 0 aromatic carbocycles. The lowest BCUT2D eigenvalue weighted by Crippen LogP contribution is -2.08. The first kappa shape index (κ1) is 17.4. The molecule has 2 heterocycles. The van der Waals surface area contributed by atoms with Gasteiger partial charge in [0.25, 0.3) is 0 Å². The molecule has 0 saturated heterocycles. The molecular formula is C15H16N2O4S2. The molecule has 0 bridgehead atoms. The fourth-order valence-electron chi connectivity index (χ4n) is 1.85. The number of thioether (sulfide) groups is 1. The van der Waals surface area contributed by atoms with Crippen LogP contribution in [0.1, 0.15) is 33.4 Å². The van der Waals surface area contributed by atoms with Crippen LogP contribution in [0.2, 0.25) is 0 Å². The summed E-state index contributed by atoms with van der Waals surface area (Å²) >= 11 is 2.83. The summed E-state index contributed by atoms with van der Waals surface area (Å²) in [7, 11) is 0. The number of aromatic nitrogens is 2. The van der Waals surface area contributed by atoms with E-state index in [0.717, 1.165) is 20.5 Å². The third kappa shape index (κ3) is 4.77. The number of hydrogen-bond donors (Lipinski definition) is 1. The number of pyridine rings is 1. The minimum atomic E-state index is -0.868. The fourth-order valence-corrected chi connectivity index (χ4v) is 4.07. The Labute approximate surface area is 141 Å². The van der Waals surface area contributed by atoms with Crippen LogP contribution in [-0.4, -0.2) is 33.6 Å². The van der Waals surface area contributed by atoms with E-state index >= 15 is 0 Å². The van der Waals surface area contributed by atoms with Crippen LogP contribution in [-0.2, 0) is 21.7 Å². The highest BCUT2D eigenvalue weighted by atomic mass is 32.2. The summed E-state index contributed by atoms with van der Waals surface area (Å²) in [6.07, 6.45) is 3.10. The Morgan fingerprint density at radius 3 is 2.91 bits per heavy atom. The quantitative estimate of drug-likeness (QED) is 0.605. The molecule has 2 rings (SSSR count). The molecule has 23 heavy (non-hydrogen) atoms. The zero-order valence-electron chi connectivity index (χ0n) is 12.7. The molecule has 0 aliphatic carbocycles. The summed E-state index contributed by atoms with van der Waals surface area (Å²) in [6.45, 7) is 3.87. The van der Waals surface area contributed by atoms with Crippen molar-refractivity contribution < 1.29 is 19.4 Å². The summed E-state index contributed by atoms with van der Waals surface area (Å²) in [5.41, 5.74) is 2.00. The average Bonchev–Trinajstić information content (AvgIpc) is 2.85. The summed E-state index contributed by atoms with van der Waals surface area (Å²) in [4.78, 5) is 31.8. The molecule has 2 aromatic heterocycles. The number of carboxylic acid groups (broad SMARTS) is 1. The SMILES string of the molecule is CCOC(=O)c1cnccc1CSc1nc(C)c(CC(=O)O)s1. The number of nitrogens with zero attached hydrogens (tertiary/aromatic N) is 2. The van der Waals surface area contributed by atoms with Crippen molar-refractivity contribution in [3.05, 3.63) is 40.2 Å². The van der Waals surface area contributed by atoms with Crippen LogP contribution in [0.25, 0.3) is 0 Å². The number of carbonyl (C=O) groups excluding carboxylic acids is 1. The molecule has 122 valence electrons. The van der Waals surface area contributed by atoms with Crippen molar-refractivity contribution in [1.82, 2.24) is 9.97 Å². The lowest BCUT2D eigenvalue weighted by atomic mass is 10.2. The van der Waals surface area contributed by atoms with E-state index in [9.17, 15) is 9.59 Å². The second-order valence-electron chi connectivity index (χ2n) is 4.60. The van der Waals surface area contributed by atoms with Crippen molar-refractivity contribution in [2.45, 2.75) is 30.4 Å². The van der Waals surface area contributed by atoms with Gasteiger partial charge in [0.1, 0.15) is 0 Å². The molecule has 0 aliphatic rings. The Hall–Kier alpha value is -1.93. The van der Waals surface area contributed by atoms with Crippen LogP contribution in [0.15, 0.2) is 22.8 Å². The largest absolute Gasteiger partial charge is 0.481 e. The standard InChI is InChI=1S/C15H16N2O4S2/c1-3-21-14(20)11-7-16-5-4-10(11)8-22-15-17-9(2)12(23-15)6-13(18)19/h4-5,7H,3,6,8H2,1-2H3,(H,18,19). The Morgan fingerprint density at radius 2 is 2.22 bits per heavy atom. The topological polar surface area (TPSA) is 89.4 Å². The fraction of sp³-hybridized carbons (Fsp3) is 0.333. The van der Waals surface area contributed by atoms with Crippen molar-refractivity contribution in [1.29, 1.82) is 0 Å². The maximum atomic E-state index is 11.9. The van der Waals surface area contributed by atoms with Crippen LogP contribution >= 0.6 is 23.1 Å². The van der Waals surface area contributed by atoms with E-state index in [2.05, 4.69) is 9.97 Å². The van der Waals surface area contributed by atoms with Crippen molar-refractivity contribution in [2.75, 3.05) is 6.61 Å². The monoisotopic (exact) mass is 352 g/mol. The van der Waals surface area contributed by atoms with E-state index in [1.807, 2.05) is 0 Å². The number of carbonyl (C=O) groups is 2. The van der Waals surface area contributed by atoms with E-state index in [-0.39, 0.29) is 6.42 Å². The first-order chi connectivity index (χ1) is 11.0. The molecule has 1 N–H and O–H groups in total. The maximum absolute atomic E-state index is 11.9. The molecule has 6 nitrogen and oxygen atoms in total. The number of aliphatic carboxylic acids is 1. The maximum Gasteiger partial charge on any atom is 0.340 e. The van der Waals surface area contributed by atoms with Gasteiger partial charge in [-0.15, -0.1) is 11.3 Å². The Balaban J connectivity index is 2.09. The van der Waals surface area contributed by atoms with Crippen LogP contribution in [0.5, 0.6) is 0 Å². The molecule has 8 heteroatoms. The number of carboxylic acids is 1. The molecule has 0 radical (unpaired) electrons. The Kier molecular flexibility index (Phi) is 6.12. The van der Waals surface area contributed by atoms with E-state index in [0.29, 0.717) is 17.9 Å². The van der Waals surface area contributed by atoms with Gasteiger partial charge < -0.3 is 9.84 Å². The summed E-state index contributed by atoms with van der Waals surface area (Å²) in [5, 5.41) is 8.87. The van der Waals surface area contributed by atoms with Crippen LogP contribution in [0.4, 0.5) is 0 Å². The number of rotatable bonds is 7. The predicted molar refractivity (Wildman–Crippen MR) is 87.9 cm³/mol. The van der Waals surface area contributed by atoms with Gasteiger partial charge in [-0.05, 0) is 25.5 Å². The zero-order chi connectivity index (χ0) is 16.8. The molecule has 0 fully saturated rings. The summed E-state index contributed by atoms with van der Waals surface area (Å²) in [5.74, 6) is -0.721. The number of esters is 1. The van der Waals surface area contributed by atoms with E-state index in [1.165, 1.54) is 29.3 Å². The third-order valence-corrected chi connectivity index (χ3v) is 5.29. The molecule has 0 atom stereocenters. The zero-order valence-corrected chi connectivity index (χ0v) is 14.4. The highest BCUT2D eigenvalue weighted by molar-refractivity contribution is 8.00. The molecule has 0 saturated carbocycles. The highest BCUT2D eigenvalue weighted by Gasteiger charge is 2.15. The number of thiazole rings is 1. The van der Waals surface area contributed by atoms with Crippen LogP contribution < -0.4 is 0 Å². The van der Waals surface area contributed by atoms with Gasteiger partial charge in [-0.25, -0.2) is 9.78 Å². The van der Waals surface area contributed by atoms with Gasteiger partial charge in [0.15, 0.2) is 4.34 Å². The van der Waals surface area contributed by atoms with Crippen LogP contribution in [0.3, 0.4) is 0 Å². The molecule has 0 spiro atoms. The average molecular weight is 352 g/mol. The Bertz CT molecular complexity index is 715. The lowest BCUT2D eigenvalue weighted by Gasteiger charge is -2.06. The molecule has 0 aliphatic heterocycles. The molecule has 0 unspecified atom stereocenters. The lowest BCUT2D eigenvalue weighted by molar-refractivity contribution is -0.136. The van der Waals surface area contributed by atoms with Gasteiger partial charge in [-0.2, -0.15) is 0 Å². The number of hydrogen-bond acceptors (Lipinski definition) is 7. The van der Waals surface area contributed by atoms with Crippen LogP contribution in [0, 0.1) is 6.92 Å². The predicted octanol–water partition coefficient (Wildman–Crippen LogP) is 2.94. The van der Waals surface area contributed by atoms with Crippen molar-refractivity contribution >= 4 is 35.0 Å². The first-order valence-corrected chi connectivity index (χ1v) is 8.72. The van der Waals surface area contributed by atoms with Gasteiger partial charge in [0.05, 0.1) is 24.3 Å². The van der Waals surface area contributed by atoms with Gasteiger partial charge in [-0.1, -0.05) is 11.8 Å². The normalized spacial score (nSPS) is 10.5. The smallest absolute Gasteiger partial charge is 0.340 e. The first-order valence-electron chi connectivity index (χ1n) is 6.92. The third-order valence-electron chi connectivity index (χ3n) is 2.94.